The Balaban J connectivity index is 2.17. The second-order valence-corrected chi connectivity index (χ2v) is 4.65. The van der Waals surface area contributed by atoms with E-state index < -0.39 is 5.41 Å². The Labute approximate surface area is 96.1 Å². The van der Waals surface area contributed by atoms with Gasteiger partial charge >= 0.3 is 0 Å². The van der Waals surface area contributed by atoms with Crippen LogP contribution in [0.25, 0.3) is 0 Å². The number of rotatable bonds is 6. The van der Waals surface area contributed by atoms with Crippen LogP contribution in [0.4, 0.5) is 0 Å². The van der Waals surface area contributed by atoms with Gasteiger partial charge in [0.25, 0.3) is 0 Å². The maximum atomic E-state index is 11.5. The fourth-order valence-corrected chi connectivity index (χ4v) is 3.04. The summed E-state index contributed by atoms with van der Waals surface area (Å²) in [7, 11) is 1.58. The fourth-order valence-electron chi connectivity index (χ4n) is 3.04. The monoisotopic (exact) mass is 222 g/mol. The quantitative estimate of drug-likeness (QED) is 0.391. The van der Waals surface area contributed by atoms with Crippen LogP contribution >= 0.6 is 0 Å². The number of methoxy groups -OCH3 is 1. The minimum absolute atomic E-state index is 0.202. The molecule has 0 N–H and O–H groups in total. The zero-order valence-corrected chi connectivity index (χ0v) is 9.59. The first-order valence-electron chi connectivity index (χ1n) is 5.64. The molecule has 0 heterocycles. The van der Waals surface area contributed by atoms with Crippen molar-refractivity contribution in [1.82, 2.24) is 0 Å². The van der Waals surface area contributed by atoms with E-state index in [1.165, 1.54) is 0 Å². The van der Waals surface area contributed by atoms with Crippen molar-refractivity contribution in [3.63, 3.8) is 0 Å². The van der Waals surface area contributed by atoms with E-state index >= 15 is 0 Å². The Morgan fingerprint density at radius 1 is 1.62 bits per heavy atom. The summed E-state index contributed by atoms with van der Waals surface area (Å²) in [4.78, 5) is 11.5. The molecule has 2 rings (SSSR count). The third-order valence-corrected chi connectivity index (χ3v) is 3.81. The summed E-state index contributed by atoms with van der Waals surface area (Å²) in [6, 6.07) is 0. The predicted molar refractivity (Wildman–Crippen MR) is 60.8 cm³/mol. The molecule has 1 saturated carbocycles. The summed E-state index contributed by atoms with van der Waals surface area (Å²) in [5, 5.41) is 0. The van der Waals surface area contributed by atoms with Crippen LogP contribution in [0.15, 0.2) is 24.8 Å². The van der Waals surface area contributed by atoms with Gasteiger partial charge in [-0.2, -0.15) is 0 Å². The third-order valence-electron chi connectivity index (χ3n) is 3.81. The van der Waals surface area contributed by atoms with Gasteiger partial charge in [-0.15, -0.1) is 6.58 Å². The van der Waals surface area contributed by atoms with Gasteiger partial charge in [-0.3, -0.25) is 0 Å². The topological polar surface area (TPSA) is 35.5 Å². The van der Waals surface area contributed by atoms with E-state index in [9.17, 15) is 4.79 Å². The van der Waals surface area contributed by atoms with Gasteiger partial charge in [-0.05, 0) is 24.7 Å². The molecule has 88 valence electrons. The number of carbonyl (C=O) groups excluding carboxylic acids is 1. The molecule has 1 unspecified atom stereocenters. The molecule has 0 aromatic heterocycles. The summed E-state index contributed by atoms with van der Waals surface area (Å²) in [5.41, 5.74) is -0.417. The third kappa shape index (κ3) is 1.64. The van der Waals surface area contributed by atoms with Gasteiger partial charge in [-0.1, -0.05) is 18.2 Å². The number of aldehydes is 1. The average Bonchev–Trinajstić information content (AvgIpc) is 2.90. The molecule has 4 atom stereocenters. The first kappa shape index (κ1) is 11.6. The molecule has 0 radical (unpaired) electrons. The lowest BCUT2D eigenvalue weighted by molar-refractivity contribution is -0.136. The summed E-state index contributed by atoms with van der Waals surface area (Å²) in [5.74, 6) is 0.832. The number of carbonyl (C=O) groups is 1. The highest BCUT2D eigenvalue weighted by Gasteiger charge is 2.52. The smallest absolute Gasteiger partial charge is 0.147 e. The first-order valence-corrected chi connectivity index (χ1v) is 5.64. The molecule has 0 aliphatic heterocycles. The van der Waals surface area contributed by atoms with Gasteiger partial charge in [0, 0.05) is 7.11 Å². The van der Waals surface area contributed by atoms with Gasteiger partial charge in [0.05, 0.1) is 11.5 Å². The Bertz CT molecular complexity index is 310. The standard InChI is InChI=1S/C13H18O3/c1-3-12(16-9-15-2)13(8-14)7-10-4-5-11(13)6-10/h3-5,8,10-12H,1,6-7,9H2,2H3/t10-,11+,12?,13-/m0/s1. The highest BCUT2D eigenvalue weighted by Crippen LogP contribution is 2.53. The molecule has 0 amide bonds. The Kier molecular flexibility index (Phi) is 3.26. The summed E-state index contributed by atoms with van der Waals surface area (Å²) in [6.45, 7) is 3.97. The van der Waals surface area contributed by atoms with Gasteiger partial charge in [0.15, 0.2) is 0 Å². The Morgan fingerprint density at radius 3 is 2.88 bits per heavy atom. The molecule has 2 aliphatic carbocycles. The van der Waals surface area contributed by atoms with Crippen molar-refractivity contribution >= 4 is 6.29 Å². The largest absolute Gasteiger partial charge is 0.359 e. The molecule has 0 aromatic rings. The molecule has 0 aromatic carbocycles. The van der Waals surface area contributed by atoms with Gasteiger partial charge < -0.3 is 14.3 Å². The molecule has 0 spiro atoms. The SMILES string of the molecule is C=CC(OCOC)[C@]1(C=O)C[C@H]2C=C[C@@H]1C2. The van der Waals surface area contributed by atoms with Crippen LogP contribution in [-0.2, 0) is 14.3 Å². The Morgan fingerprint density at radius 2 is 2.44 bits per heavy atom. The second-order valence-electron chi connectivity index (χ2n) is 4.65. The van der Waals surface area contributed by atoms with E-state index in [1.54, 1.807) is 13.2 Å². The van der Waals surface area contributed by atoms with Crippen LogP contribution in [0.5, 0.6) is 0 Å². The van der Waals surface area contributed by atoms with Gasteiger partial charge in [0.1, 0.15) is 13.1 Å². The number of hydrogen-bond acceptors (Lipinski definition) is 3. The minimum Gasteiger partial charge on any atom is -0.359 e. The first-order chi connectivity index (χ1) is 7.76. The number of allylic oxidation sites excluding steroid dienone is 2. The summed E-state index contributed by atoms with van der Waals surface area (Å²) in [6.07, 6.45) is 8.84. The van der Waals surface area contributed by atoms with E-state index in [1.807, 2.05) is 0 Å². The molecule has 1 fully saturated rings. The molecule has 2 aliphatic rings. The van der Waals surface area contributed by atoms with E-state index in [0.29, 0.717) is 11.8 Å². The van der Waals surface area contributed by atoms with Crippen molar-refractivity contribution in [3.8, 4) is 0 Å². The minimum atomic E-state index is -0.417. The zero-order valence-electron chi connectivity index (χ0n) is 9.59. The van der Waals surface area contributed by atoms with Gasteiger partial charge in [0.2, 0.25) is 0 Å². The highest BCUT2D eigenvalue weighted by molar-refractivity contribution is 5.64. The van der Waals surface area contributed by atoms with E-state index in [4.69, 9.17) is 9.47 Å². The van der Waals surface area contributed by atoms with E-state index in [0.717, 1.165) is 19.1 Å². The highest BCUT2D eigenvalue weighted by atomic mass is 16.7. The van der Waals surface area contributed by atoms with Crippen molar-refractivity contribution in [2.75, 3.05) is 13.9 Å². The lowest BCUT2D eigenvalue weighted by Gasteiger charge is -2.35. The average molecular weight is 222 g/mol. The lowest BCUT2D eigenvalue weighted by Crippen LogP contribution is -2.41. The number of fused-ring (bicyclic) bond motifs is 2. The Hall–Kier alpha value is -0.930. The van der Waals surface area contributed by atoms with E-state index in [2.05, 4.69) is 18.7 Å². The molecule has 3 nitrogen and oxygen atoms in total. The van der Waals surface area contributed by atoms with Crippen molar-refractivity contribution in [2.45, 2.75) is 18.9 Å². The molecule has 3 heteroatoms. The molecular weight excluding hydrogens is 204 g/mol. The lowest BCUT2D eigenvalue weighted by atomic mass is 9.72. The predicted octanol–water partition coefficient (Wildman–Crippen LogP) is 1.94. The van der Waals surface area contributed by atoms with Crippen molar-refractivity contribution in [2.24, 2.45) is 17.3 Å². The fraction of sp³-hybridized carbons (Fsp3) is 0.615. The van der Waals surface area contributed by atoms with Crippen LogP contribution in [0.3, 0.4) is 0 Å². The number of ether oxygens (including phenoxy) is 2. The van der Waals surface area contributed by atoms with Crippen molar-refractivity contribution in [3.05, 3.63) is 24.8 Å². The van der Waals surface area contributed by atoms with Crippen LogP contribution < -0.4 is 0 Å². The number of hydrogen-bond donors (Lipinski definition) is 0. The maximum Gasteiger partial charge on any atom is 0.147 e. The molecule has 0 saturated heterocycles. The van der Waals surface area contributed by atoms with Crippen LogP contribution in [0, 0.1) is 17.3 Å². The maximum absolute atomic E-state index is 11.5. The van der Waals surface area contributed by atoms with Crippen molar-refractivity contribution < 1.29 is 14.3 Å². The summed E-state index contributed by atoms with van der Waals surface area (Å²) < 4.78 is 10.5. The van der Waals surface area contributed by atoms with Gasteiger partial charge in [-0.25, -0.2) is 0 Å². The van der Waals surface area contributed by atoms with Crippen LogP contribution in [0.1, 0.15) is 12.8 Å². The van der Waals surface area contributed by atoms with Crippen LogP contribution in [0.2, 0.25) is 0 Å². The molecule has 16 heavy (non-hydrogen) atoms. The molecule has 2 bridgehead atoms. The summed E-state index contributed by atoms with van der Waals surface area (Å²) >= 11 is 0. The zero-order chi connectivity index (χ0) is 11.6. The normalized spacial score (nSPS) is 37.6. The van der Waals surface area contributed by atoms with Crippen LogP contribution in [-0.4, -0.2) is 26.3 Å². The second kappa shape index (κ2) is 4.52. The molecular formula is C13H18O3. The van der Waals surface area contributed by atoms with E-state index in [-0.39, 0.29) is 12.9 Å². The van der Waals surface area contributed by atoms with Crippen molar-refractivity contribution in [1.29, 1.82) is 0 Å².